The molecule has 0 aromatic carbocycles. The van der Waals surface area contributed by atoms with Crippen LogP contribution in [0.4, 0.5) is 10.2 Å². The van der Waals surface area contributed by atoms with Gasteiger partial charge in [-0.15, -0.1) is 0 Å². The lowest BCUT2D eigenvalue weighted by atomic mass is 10.2. The minimum Gasteiger partial charge on any atom is -0.354 e. The topological polar surface area (TPSA) is 41.1 Å². The van der Waals surface area contributed by atoms with Crippen LogP contribution in [0.3, 0.4) is 0 Å². The molecule has 0 radical (unpaired) electrons. The van der Waals surface area contributed by atoms with Gasteiger partial charge in [-0.05, 0) is 32.2 Å². The molecule has 2 heterocycles. The van der Waals surface area contributed by atoms with Gasteiger partial charge in [-0.1, -0.05) is 6.07 Å². The van der Waals surface area contributed by atoms with Gasteiger partial charge in [0.05, 0.1) is 18.4 Å². The number of hydrogen-bond acceptors (Lipinski definition) is 4. The number of nitrogens with zero attached hydrogens (tertiary/aromatic N) is 3. The summed E-state index contributed by atoms with van der Waals surface area (Å²) in [6, 6.07) is 7.44. The number of hydrogen-bond donors (Lipinski definition) is 1. The molecule has 2 aromatic heterocycles. The maximum absolute atomic E-state index is 13.3. The van der Waals surface area contributed by atoms with E-state index >= 15 is 0 Å². The third-order valence-corrected chi connectivity index (χ3v) is 2.98. The highest BCUT2D eigenvalue weighted by Gasteiger charge is 2.11. The van der Waals surface area contributed by atoms with E-state index < -0.39 is 0 Å². The average molecular weight is 274 g/mol. The zero-order valence-corrected chi connectivity index (χ0v) is 12.0. The van der Waals surface area contributed by atoms with Gasteiger partial charge in [0.25, 0.3) is 0 Å². The van der Waals surface area contributed by atoms with Crippen LogP contribution in [0.15, 0.2) is 30.5 Å². The summed E-state index contributed by atoms with van der Waals surface area (Å²) < 4.78 is 13.3. The maximum Gasteiger partial charge on any atom is 0.141 e. The molecular weight excluding hydrogens is 255 g/mol. The number of nitrogens with one attached hydrogen (secondary N) is 1. The van der Waals surface area contributed by atoms with Crippen LogP contribution in [0, 0.1) is 12.7 Å². The zero-order valence-electron chi connectivity index (χ0n) is 12.0. The van der Waals surface area contributed by atoms with E-state index in [1.165, 1.54) is 12.3 Å². The fraction of sp³-hybridized carbons (Fsp3) is 0.333. The SMILES string of the molecule is CNCc1cc(F)cnc1N(C)Cc1cccc(C)n1. The first-order valence-corrected chi connectivity index (χ1v) is 6.53. The van der Waals surface area contributed by atoms with Gasteiger partial charge in [-0.2, -0.15) is 0 Å². The fourth-order valence-electron chi connectivity index (χ4n) is 2.14. The summed E-state index contributed by atoms with van der Waals surface area (Å²) >= 11 is 0. The lowest BCUT2D eigenvalue weighted by Gasteiger charge is -2.21. The van der Waals surface area contributed by atoms with Gasteiger partial charge < -0.3 is 10.2 Å². The van der Waals surface area contributed by atoms with Crippen LogP contribution < -0.4 is 10.2 Å². The van der Waals surface area contributed by atoms with Gasteiger partial charge in [0, 0.05) is 24.8 Å². The molecule has 2 aromatic rings. The Morgan fingerprint density at radius 2 is 2.15 bits per heavy atom. The average Bonchev–Trinajstić information content (AvgIpc) is 2.39. The first kappa shape index (κ1) is 14.4. The normalized spacial score (nSPS) is 10.6. The zero-order chi connectivity index (χ0) is 14.5. The Balaban J connectivity index is 2.22. The number of anilines is 1. The Labute approximate surface area is 118 Å². The Morgan fingerprint density at radius 1 is 1.35 bits per heavy atom. The number of pyridine rings is 2. The Morgan fingerprint density at radius 3 is 2.85 bits per heavy atom. The monoisotopic (exact) mass is 274 g/mol. The molecule has 1 N–H and O–H groups in total. The lowest BCUT2D eigenvalue weighted by molar-refractivity contribution is 0.615. The van der Waals surface area contributed by atoms with Crippen molar-refractivity contribution in [3.63, 3.8) is 0 Å². The Bertz CT molecular complexity index is 586. The molecule has 0 saturated carbocycles. The van der Waals surface area contributed by atoms with Crippen LogP contribution >= 0.6 is 0 Å². The van der Waals surface area contributed by atoms with Crippen molar-refractivity contribution in [1.82, 2.24) is 15.3 Å². The maximum atomic E-state index is 13.3. The van der Waals surface area contributed by atoms with E-state index in [9.17, 15) is 4.39 Å². The largest absolute Gasteiger partial charge is 0.354 e. The van der Waals surface area contributed by atoms with Crippen LogP contribution in [-0.4, -0.2) is 24.1 Å². The summed E-state index contributed by atoms with van der Waals surface area (Å²) in [6.45, 7) is 3.18. The van der Waals surface area contributed by atoms with E-state index in [-0.39, 0.29) is 5.82 Å². The molecule has 20 heavy (non-hydrogen) atoms. The highest BCUT2D eigenvalue weighted by Crippen LogP contribution is 2.19. The van der Waals surface area contributed by atoms with E-state index in [1.54, 1.807) is 0 Å². The predicted molar refractivity (Wildman–Crippen MR) is 78.0 cm³/mol. The molecule has 106 valence electrons. The molecular formula is C15H19FN4. The van der Waals surface area contributed by atoms with Crippen LogP contribution in [0.2, 0.25) is 0 Å². The van der Waals surface area contributed by atoms with Gasteiger partial charge in [0.2, 0.25) is 0 Å². The van der Waals surface area contributed by atoms with Gasteiger partial charge in [0.15, 0.2) is 0 Å². The summed E-state index contributed by atoms with van der Waals surface area (Å²) in [4.78, 5) is 10.7. The van der Waals surface area contributed by atoms with Gasteiger partial charge in [-0.3, -0.25) is 4.98 Å². The highest BCUT2D eigenvalue weighted by molar-refractivity contribution is 5.46. The standard InChI is InChI=1S/C15H19FN4/c1-11-5-4-6-14(19-11)10-20(3)15-12(8-17-2)7-13(16)9-18-15/h4-7,9,17H,8,10H2,1-3H3. The van der Waals surface area contributed by atoms with Crippen molar-refractivity contribution in [1.29, 1.82) is 0 Å². The van der Waals surface area contributed by atoms with Crippen molar-refractivity contribution in [2.45, 2.75) is 20.0 Å². The van der Waals surface area contributed by atoms with Crippen molar-refractivity contribution < 1.29 is 4.39 Å². The van der Waals surface area contributed by atoms with E-state index in [0.29, 0.717) is 13.1 Å². The second-order valence-corrected chi connectivity index (χ2v) is 4.79. The highest BCUT2D eigenvalue weighted by atomic mass is 19.1. The third-order valence-electron chi connectivity index (χ3n) is 2.98. The molecule has 0 bridgehead atoms. The van der Waals surface area contributed by atoms with E-state index in [4.69, 9.17) is 0 Å². The van der Waals surface area contributed by atoms with Crippen LogP contribution in [0.25, 0.3) is 0 Å². The molecule has 0 atom stereocenters. The first-order chi connectivity index (χ1) is 9.60. The molecule has 4 nitrogen and oxygen atoms in total. The number of rotatable bonds is 5. The molecule has 0 amide bonds. The van der Waals surface area contributed by atoms with E-state index in [0.717, 1.165) is 22.8 Å². The minimum atomic E-state index is -0.318. The summed E-state index contributed by atoms with van der Waals surface area (Å²) in [5.74, 6) is 0.449. The second kappa shape index (κ2) is 6.43. The molecule has 0 spiro atoms. The molecule has 0 aliphatic heterocycles. The summed E-state index contributed by atoms with van der Waals surface area (Å²) in [6.07, 6.45) is 1.24. The second-order valence-electron chi connectivity index (χ2n) is 4.79. The lowest BCUT2D eigenvalue weighted by Crippen LogP contribution is -2.22. The van der Waals surface area contributed by atoms with Crippen LogP contribution in [-0.2, 0) is 13.1 Å². The number of aryl methyl sites for hydroxylation is 1. The minimum absolute atomic E-state index is 0.318. The summed E-state index contributed by atoms with van der Waals surface area (Å²) in [5.41, 5.74) is 2.79. The number of aromatic nitrogens is 2. The smallest absolute Gasteiger partial charge is 0.141 e. The Hall–Kier alpha value is -2.01. The van der Waals surface area contributed by atoms with Crippen LogP contribution in [0.5, 0.6) is 0 Å². The van der Waals surface area contributed by atoms with Crippen molar-refractivity contribution in [2.24, 2.45) is 0 Å². The first-order valence-electron chi connectivity index (χ1n) is 6.53. The third kappa shape index (κ3) is 3.51. The predicted octanol–water partition coefficient (Wildman–Crippen LogP) is 2.28. The molecule has 0 aliphatic carbocycles. The van der Waals surface area contributed by atoms with Gasteiger partial charge in [0.1, 0.15) is 11.6 Å². The molecule has 5 heteroatoms. The molecule has 0 fully saturated rings. The Kier molecular flexibility index (Phi) is 4.63. The van der Waals surface area contributed by atoms with Gasteiger partial charge in [-0.25, -0.2) is 9.37 Å². The van der Waals surface area contributed by atoms with Crippen molar-refractivity contribution in [3.05, 3.63) is 53.2 Å². The van der Waals surface area contributed by atoms with Crippen molar-refractivity contribution >= 4 is 5.82 Å². The van der Waals surface area contributed by atoms with Gasteiger partial charge >= 0.3 is 0 Å². The molecule has 0 unspecified atom stereocenters. The van der Waals surface area contributed by atoms with Crippen molar-refractivity contribution in [2.75, 3.05) is 19.0 Å². The van der Waals surface area contributed by atoms with E-state index in [1.807, 2.05) is 44.1 Å². The molecule has 2 rings (SSSR count). The van der Waals surface area contributed by atoms with E-state index in [2.05, 4.69) is 15.3 Å². The fourth-order valence-corrected chi connectivity index (χ4v) is 2.14. The number of halogens is 1. The van der Waals surface area contributed by atoms with Crippen molar-refractivity contribution in [3.8, 4) is 0 Å². The molecule has 0 saturated heterocycles. The van der Waals surface area contributed by atoms with Crippen LogP contribution in [0.1, 0.15) is 17.0 Å². The summed E-state index contributed by atoms with van der Waals surface area (Å²) in [7, 11) is 3.76. The quantitative estimate of drug-likeness (QED) is 0.908. The molecule has 0 aliphatic rings. The summed E-state index contributed by atoms with van der Waals surface area (Å²) in [5, 5.41) is 3.03.